The Morgan fingerprint density at radius 1 is 1.17 bits per heavy atom. The standard InChI is InChI=1S/C18H28N2O3/c1-7-23-18(22)16-13(4)15(14(5)19(16)6)17(21)20-9-11(2)8-12(3)10-20/h11-12H,7-10H2,1-6H3/t11-,12-/m1/s1. The van der Waals surface area contributed by atoms with Crippen molar-refractivity contribution in [2.24, 2.45) is 18.9 Å². The fourth-order valence-electron chi connectivity index (χ4n) is 3.77. The summed E-state index contributed by atoms with van der Waals surface area (Å²) in [5, 5.41) is 0. The van der Waals surface area contributed by atoms with Gasteiger partial charge in [-0.2, -0.15) is 0 Å². The Kier molecular flexibility index (Phi) is 5.17. The monoisotopic (exact) mass is 320 g/mol. The number of esters is 1. The van der Waals surface area contributed by atoms with E-state index in [1.165, 1.54) is 0 Å². The maximum Gasteiger partial charge on any atom is 0.355 e. The van der Waals surface area contributed by atoms with Crippen molar-refractivity contribution in [2.45, 2.75) is 41.0 Å². The van der Waals surface area contributed by atoms with Gasteiger partial charge in [-0.1, -0.05) is 13.8 Å². The molecular weight excluding hydrogens is 292 g/mol. The molecule has 1 aliphatic rings. The molecule has 1 amide bonds. The predicted molar refractivity (Wildman–Crippen MR) is 89.7 cm³/mol. The molecule has 1 aromatic heterocycles. The molecule has 0 unspecified atom stereocenters. The van der Waals surface area contributed by atoms with Crippen LogP contribution in [0.4, 0.5) is 0 Å². The fraction of sp³-hybridized carbons (Fsp3) is 0.667. The molecule has 1 aliphatic heterocycles. The molecule has 2 rings (SSSR count). The van der Waals surface area contributed by atoms with Gasteiger partial charge in [-0.25, -0.2) is 4.79 Å². The van der Waals surface area contributed by atoms with Crippen LogP contribution in [0.3, 0.4) is 0 Å². The number of carbonyl (C=O) groups is 2. The van der Waals surface area contributed by atoms with Crippen LogP contribution in [0.25, 0.3) is 0 Å². The van der Waals surface area contributed by atoms with Gasteiger partial charge in [0.2, 0.25) is 0 Å². The van der Waals surface area contributed by atoms with Crippen LogP contribution in [0.5, 0.6) is 0 Å². The molecule has 0 radical (unpaired) electrons. The Morgan fingerprint density at radius 3 is 2.26 bits per heavy atom. The first kappa shape index (κ1) is 17.6. The number of likely N-dealkylation sites (tertiary alicyclic amines) is 1. The van der Waals surface area contributed by atoms with Crippen molar-refractivity contribution in [3.63, 3.8) is 0 Å². The van der Waals surface area contributed by atoms with Gasteiger partial charge in [0, 0.05) is 25.8 Å². The number of hydrogen-bond donors (Lipinski definition) is 0. The van der Waals surface area contributed by atoms with Gasteiger partial charge in [-0.3, -0.25) is 4.79 Å². The lowest BCUT2D eigenvalue weighted by Gasteiger charge is -2.35. The van der Waals surface area contributed by atoms with Gasteiger partial charge >= 0.3 is 5.97 Å². The predicted octanol–water partition coefficient (Wildman–Crippen LogP) is 2.94. The van der Waals surface area contributed by atoms with E-state index in [4.69, 9.17) is 4.74 Å². The Balaban J connectivity index is 2.38. The summed E-state index contributed by atoms with van der Waals surface area (Å²) in [6, 6.07) is 0. The van der Waals surface area contributed by atoms with Crippen LogP contribution in [-0.2, 0) is 11.8 Å². The van der Waals surface area contributed by atoms with Crippen LogP contribution in [0, 0.1) is 25.7 Å². The quantitative estimate of drug-likeness (QED) is 0.805. The molecule has 2 heterocycles. The maximum atomic E-state index is 13.0. The van der Waals surface area contributed by atoms with Gasteiger partial charge in [-0.15, -0.1) is 0 Å². The van der Waals surface area contributed by atoms with Crippen LogP contribution in [-0.4, -0.2) is 41.0 Å². The lowest BCUT2D eigenvalue weighted by atomic mass is 9.91. The first-order valence-corrected chi connectivity index (χ1v) is 8.40. The molecule has 1 fully saturated rings. The number of aromatic nitrogens is 1. The summed E-state index contributed by atoms with van der Waals surface area (Å²) in [5.41, 5.74) is 2.67. The molecule has 128 valence electrons. The summed E-state index contributed by atoms with van der Waals surface area (Å²) >= 11 is 0. The highest BCUT2D eigenvalue weighted by Gasteiger charge is 2.31. The van der Waals surface area contributed by atoms with Crippen molar-refractivity contribution in [1.82, 2.24) is 9.47 Å². The van der Waals surface area contributed by atoms with Gasteiger partial charge in [0.25, 0.3) is 5.91 Å². The lowest BCUT2D eigenvalue weighted by Crippen LogP contribution is -2.42. The zero-order valence-electron chi connectivity index (χ0n) is 15.1. The van der Waals surface area contributed by atoms with Gasteiger partial charge in [-0.05, 0) is 44.6 Å². The van der Waals surface area contributed by atoms with Gasteiger partial charge in [0.15, 0.2) is 0 Å². The van der Waals surface area contributed by atoms with E-state index in [2.05, 4.69) is 13.8 Å². The summed E-state index contributed by atoms with van der Waals surface area (Å²) in [6.45, 7) is 11.8. The fourth-order valence-corrected chi connectivity index (χ4v) is 3.77. The Morgan fingerprint density at radius 2 is 1.74 bits per heavy atom. The van der Waals surface area contributed by atoms with E-state index in [9.17, 15) is 9.59 Å². The van der Waals surface area contributed by atoms with Crippen LogP contribution in [0.2, 0.25) is 0 Å². The zero-order chi connectivity index (χ0) is 17.3. The first-order chi connectivity index (χ1) is 10.8. The summed E-state index contributed by atoms with van der Waals surface area (Å²) in [4.78, 5) is 27.2. The van der Waals surface area contributed by atoms with E-state index in [0.717, 1.165) is 30.8 Å². The van der Waals surface area contributed by atoms with Crippen LogP contribution in [0.1, 0.15) is 59.3 Å². The molecule has 23 heavy (non-hydrogen) atoms. The van der Waals surface area contributed by atoms with Crippen LogP contribution >= 0.6 is 0 Å². The minimum atomic E-state index is -0.366. The molecule has 0 aromatic carbocycles. The second-order valence-electron chi connectivity index (χ2n) is 6.87. The van der Waals surface area contributed by atoms with Crippen molar-refractivity contribution in [3.8, 4) is 0 Å². The van der Waals surface area contributed by atoms with Gasteiger partial charge in [0.1, 0.15) is 5.69 Å². The molecule has 5 nitrogen and oxygen atoms in total. The van der Waals surface area contributed by atoms with E-state index in [0.29, 0.717) is 29.7 Å². The van der Waals surface area contributed by atoms with E-state index in [1.807, 2.05) is 25.8 Å². The molecule has 0 saturated carbocycles. The number of amides is 1. The first-order valence-electron chi connectivity index (χ1n) is 8.40. The van der Waals surface area contributed by atoms with Gasteiger partial charge < -0.3 is 14.2 Å². The average Bonchev–Trinajstić information content (AvgIpc) is 2.68. The Labute approximate surface area is 138 Å². The number of nitrogens with zero attached hydrogens (tertiary/aromatic N) is 2. The summed E-state index contributed by atoms with van der Waals surface area (Å²) in [5.74, 6) is 0.688. The van der Waals surface area contributed by atoms with Crippen molar-refractivity contribution >= 4 is 11.9 Å². The normalized spacial score (nSPS) is 21.4. The Bertz CT molecular complexity index is 608. The smallest absolute Gasteiger partial charge is 0.355 e. The minimum absolute atomic E-state index is 0.0320. The molecule has 0 spiro atoms. The van der Waals surface area contributed by atoms with Crippen LogP contribution in [0.15, 0.2) is 0 Å². The topological polar surface area (TPSA) is 51.5 Å². The van der Waals surface area contributed by atoms with E-state index >= 15 is 0 Å². The van der Waals surface area contributed by atoms with Gasteiger partial charge in [0.05, 0.1) is 12.2 Å². The Hall–Kier alpha value is -1.78. The van der Waals surface area contributed by atoms with Crippen molar-refractivity contribution in [1.29, 1.82) is 0 Å². The lowest BCUT2D eigenvalue weighted by molar-refractivity contribution is 0.0514. The molecule has 5 heteroatoms. The SMILES string of the molecule is CCOC(=O)c1c(C)c(C(=O)N2C[C@H](C)C[C@@H](C)C2)c(C)n1C. The third kappa shape index (κ3) is 3.28. The highest BCUT2D eigenvalue weighted by Crippen LogP contribution is 2.27. The second kappa shape index (κ2) is 6.77. The summed E-state index contributed by atoms with van der Waals surface area (Å²) in [6.07, 6.45) is 1.16. The maximum absolute atomic E-state index is 13.0. The van der Waals surface area contributed by atoms with Crippen LogP contribution < -0.4 is 0 Å². The van der Waals surface area contributed by atoms with Crippen molar-refractivity contribution in [2.75, 3.05) is 19.7 Å². The number of ether oxygens (including phenoxy) is 1. The molecule has 2 atom stereocenters. The van der Waals surface area contributed by atoms with E-state index in [-0.39, 0.29) is 11.9 Å². The van der Waals surface area contributed by atoms with E-state index in [1.54, 1.807) is 11.5 Å². The summed E-state index contributed by atoms with van der Waals surface area (Å²) < 4.78 is 6.91. The highest BCUT2D eigenvalue weighted by atomic mass is 16.5. The van der Waals surface area contributed by atoms with E-state index < -0.39 is 0 Å². The molecular formula is C18H28N2O3. The third-order valence-electron chi connectivity index (χ3n) is 4.77. The third-order valence-corrected chi connectivity index (χ3v) is 4.77. The zero-order valence-corrected chi connectivity index (χ0v) is 15.1. The number of hydrogen-bond acceptors (Lipinski definition) is 3. The second-order valence-corrected chi connectivity index (χ2v) is 6.87. The number of rotatable bonds is 3. The molecule has 0 bridgehead atoms. The number of carbonyl (C=O) groups excluding carboxylic acids is 2. The molecule has 0 aliphatic carbocycles. The van der Waals surface area contributed by atoms with Crippen molar-refractivity contribution in [3.05, 3.63) is 22.5 Å². The number of piperidine rings is 1. The molecule has 1 saturated heterocycles. The average molecular weight is 320 g/mol. The largest absolute Gasteiger partial charge is 0.461 e. The summed E-state index contributed by atoms with van der Waals surface area (Å²) in [7, 11) is 1.81. The molecule has 1 aromatic rings. The van der Waals surface area contributed by atoms with Crippen molar-refractivity contribution < 1.29 is 14.3 Å². The molecule has 0 N–H and O–H groups in total. The highest BCUT2D eigenvalue weighted by molar-refractivity contribution is 6.01. The minimum Gasteiger partial charge on any atom is -0.461 e.